The third-order valence-electron chi connectivity index (χ3n) is 4.01. The maximum Gasteiger partial charge on any atom is 0.0993 e. The van der Waals surface area contributed by atoms with Crippen LogP contribution >= 0.6 is 0 Å². The first-order chi connectivity index (χ1) is 9.88. The number of hydrogen-bond donors (Lipinski definition) is 1. The lowest BCUT2D eigenvalue weighted by molar-refractivity contribution is 0.316. The second-order valence-electron chi connectivity index (χ2n) is 5.10. The molecule has 2 heterocycles. The third-order valence-corrected chi connectivity index (χ3v) is 4.01. The number of nitrogens with zero attached hydrogens (tertiary/aromatic N) is 2. The topological polar surface area (TPSA) is 35.8 Å². The van der Waals surface area contributed by atoms with Crippen LogP contribution in [0.5, 0.6) is 0 Å². The molecule has 4 rings (SSSR count). The molecule has 0 amide bonds. The second-order valence-corrected chi connectivity index (χ2v) is 5.10. The van der Waals surface area contributed by atoms with Crippen LogP contribution in [0.25, 0.3) is 11.3 Å². The Balaban J connectivity index is 2.11. The lowest BCUT2D eigenvalue weighted by Crippen LogP contribution is -2.44. The van der Waals surface area contributed by atoms with Gasteiger partial charge < -0.3 is 10.1 Å². The first kappa shape index (κ1) is 11.3. The monoisotopic (exact) mass is 262 g/mol. The minimum atomic E-state index is 0.611. The molecular formula is C17H14N2O. The molecule has 0 atom stereocenters. The summed E-state index contributed by atoms with van der Waals surface area (Å²) in [7, 11) is 0. The molecule has 1 aromatic rings. The minimum absolute atomic E-state index is 0.611. The van der Waals surface area contributed by atoms with E-state index in [1.54, 1.807) is 0 Å². The smallest absolute Gasteiger partial charge is 0.0993 e. The van der Waals surface area contributed by atoms with Gasteiger partial charge in [0.25, 0.3) is 0 Å². The highest BCUT2D eigenvalue weighted by Crippen LogP contribution is 2.30. The Morgan fingerprint density at radius 3 is 2.80 bits per heavy atom. The van der Waals surface area contributed by atoms with E-state index in [4.69, 9.17) is 5.21 Å². The molecule has 0 unspecified atom stereocenters. The number of fused-ring (bicyclic) bond motifs is 4. The van der Waals surface area contributed by atoms with E-state index in [-0.39, 0.29) is 0 Å². The molecule has 3 heteroatoms. The fourth-order valence-corrected chi connectivity index (χ4v) is 3.10. The van der Waals surface area contributed by atoms with Crippen LogP contribution in [0.2, 0.25) is 0 Å². The molecule has 1 N–H and O–H groups in total. The lowest BCUT2D eigenvalue weighted by Gasteiger charge is -2.35. The van der Waals surface area contributed by atoms with Crippen LogP contribution in [-0.4, -0.2) is 22.4 Å². The molecule has 0 aromatic heterocycles. The fraction of sp³-hybridized carbons (Fsp3) is 0.118. The van der Waals surface area contributed by atoms with Gasteiger partial charge in [-0.25, -0.2) is 0 Å². The zero-order valence-corrected chi connectivity index (χ0v) is 11.0. The van der Waals surface area contributed by atoms with Gasteiger partial charge in [0.05, 0.1) is 12.3 Å². The van der Waals surface area contributed by atoms with E-state index in [0.29, 0.717) is 12.3 Å². The quantitative estimate of drug-likeness (QED) is 0.568. The summed E-state index contributed by atoms with van der Waals surface area (Å²) < 4.78 is 0. The Hall–Kier alpha value is -2.55. The Morgan fingerprint density at radius 1 is 1.10 bits per heavy atom. The Morgan fingerprint density at radius 2 is 1.95 bits per heavy atom. The van der Waals surface area contributed by atoms with Crippen molar-refractivity contribution in [2.75, 3.05) is 6.54 Å². The first-order valence-corrected chi connectivity index (χ1v) is 6.75. The molecule has 3 aliphatic rings. The van der Waals surface area contributed by atoms with E-state index in [1.165, 1.54) is 27.4 Å². The summed E-state index contributed by atoms with van der Waals surface area (Å²) in [5.74, 6) is 0. The van der Waals surface area contributed by atoms with Crippen molar-refractivity contribution in [2.24, 2.45) is 5.16 Å². The average Bonchev–Trinajstić information content (AvgIpc) is 2.54. The predicted octanol–water partition coefficient (Wildman–Crippen LogP) is 1.50. The van der Waals surface area contributed by atoms with Crippen LogP contribution in [-0.2, 0) is 0 Å². The second kappa shape index (κ2) is 4.23. The predicted molar refractivity (Wildman–Crippen MR) is 79.4 cm³/mol. The van der Waals surface area contributed by atoms with Gasteiger partial charge in [0, 0.05) is 16.6 Å². The normalized spacial score (nSPS) is 21.5. The van der Waals surface area contributed by atoms with E-state index in [1.807, 2.05) is 12.2 Å². The molecule has 0 bridgehead atoms. The van der Waals surface area contributed by atoms with Crippen LogP contribution in [0.3, 0.4) is 0 Å². The van der Waals surface area contributed by atoms with Crippen molar-refractivity contribution in [3.8, 4) is 0 Å². The van der Waals surface area contributed by atoms with Crippen molar-refractivity contribution in [3.05, 3.63) is 70.8 Å². The van der Waals surface area contributed by atoms with Crippen molar-refractivity contribution in [3.63, 3.8) is 0 Å². The summed E-state index contributed by atoms with van der Waals surface area (Å²) in [6.07, 6.45) is 11.3. The first-order valence-electron chi connectivity index (χ1n) is 6.75. The van der Waals surface area contributed by atoms with Gasteiger partial charge in [0.1, 0.15) is 0 Å². The zero-order valence-electron chi connectivity index (χ0n) is 11.0. The van der Waals surface area contributed by atoms with Crippen LogP contribution < -0.4 is 10.4 Å². The molecule has 1 aromatic carbocycles. The van der Waals surface area contributed by atoms with Crippen LogP contribution in [0.1, 0.15) is 6.42 Å². The molecule has 0 saturated heterocycles. The standard InChI is InChI=1S/C17H14N2O/c20-18-12-9-10-17-15-6-2-1-5-13(15)14-7-3-4-8-16(14)19(17)11-12/h1-6,8-10,20H,7,11H2. The highest BCUT2D eigenvalue weighted by atomic mass is 16.4. The van der Waals surface area contributed by atoms with Crippen LogP contribution in [0.15, 0.2) is 65.5 Å². The molecule has 0 saturated carbocycles. The van der Waals surface area contributed by atoms with E-state index >= 15 is 0 Å². The van der Waals surface area contributed by atoms with Crippen molar-refractivity contribution in [1.82, 2.24) is 4.90 Å². The van der Waals surface area contributed by atoms with E-state index in [9.17, 15) is 0 Å². The molecular weight excluding hydrogens is 248 g/mol. The fourth-order valence-electron chi connectivity index (χ4n) is 3.10. The van der Waals surface area contributed by atoms with Gasteiger partial charge in [0.2, 0.25) is 0 Å². The van der Waals surface area contributed by atoms with E-state index in [2.05, 4.69) is 52.5 Å². The average molecular weight is 262 g/mol. The highest BCUT2D eigenvalue weighted by Gasteiger charge is 2.26. The third kappa shape index (κ3) is 1.50. The van der Waals surface area contributed by atoms with Gasteiger partial charge >= 0.3 is 0 Å². The summed E-state index contributed by atoms with van der Waals surface area (Å²) >= 11 is 0. The van der Waals surface area contributed by atoms with Gasteiger partial charge in [-0.3, -0.25) is 0 Å². The molecule has 20 heavy (non-hydrogen) atoms. The molecule has 3 nitrogen and oxygen atoms in total. The Kier molecular flexibility index (Phi) is 2.39. The maximum absolute atomic E-state index is 9.03. The largest absolute Gasteiger partial charge is 0.411 e. The van der Waals surface area contributed by atoms with E-state index in [0.717, 1.165) is 6.42 Å². The zero-order chi connectivity index (χ0) is 13.5. The number of allylic oxidation sites excluding steroid dienone is 4. The van der Waals surface area contributed by atoms with Crippen LogP contribution in [0.4, 0.5) is 0 Å². The van der Waals surface area contributed by atoms with Crippen LogP contribution in [0, 0.1) is 0 Å². The summed E-state index contributed by atoms with van der Waals surface area (Å²) in [5, 5.41) is 14.9. The summed E-state index contributed by atoms with van der Waals surface area (Å²) in [6.45, 7) is 0.611. The SMILES string of the molecule is ON=C1C=CC2=c3ccccc3=C3CC=CC=C3N2C1. The van der Waals surface area contributed by atoms with E-state index < -0.39 is 0 Å². The van der Waals surface area contributed by atoms with Crippen molar-refractivity contribution in [1.29, 1.82) is 0 Å². The van der Waals surface area contributed by atoms with Gasteiger partial charge in [0.15, 0.2) is 0 Å². The van der Waals surface area contributed by atoms with Crippen molar-refractivity contribution >= 4 is 17.0 Å². The highest BCUT2D eigenvalue weighted by molar-refractivity contribution is 6.01. The molecule has 0 spiro atoms. The molecule has 2 aliphatic heterocycles. The van der Waals surface area contributed by atoms with Gasteiger partial charge in [-0.15, -0.1) is 0 Å². The van der Waals surface area contributed by atoms with Gasteiger partial charge in [-0.05, 0) is 35.4 Å². The summed E-state index contributed by atoms with van der Waals surface area (Å²) in [4.78, 5) is 2.23. The van der Waals surface area contributed by atoms with Crippen molar-refractivity contribution in [2.45, 2.75) is 6.42 Å². The minimum Gasteiger partial charge on any atom is -0.411 e. The Labute approximate surface area is 116 Å². The lowest BCUT2D eigenvalue weighted by atomic mass is 9.93. The molecule has 0 fully saturated rings. The van der Waals surface area contributed by atoms with Crippen molar-refractivity contribution < 1.29 is 5.21 Å². The van der Waals surface area contributed by atoms with Gasteiger partial charge in [-0.2, -0.15) is 0 Å². The number of rotatable bonds is 0. The molecule has 1 aliphatic carbocycles. The maximum atomic E-state index is 9.03. The molecule has 0 radical (unpaired) electrons. The number of hydrogen-bond acceptors (Lipinski definition) is 3. The number of benzene rings is 1. The van der Waals surface area contributed by atoms with Gasteiger partial charge in [-0.1, -0.05) is 41.6 Å². The molecule has 98 valence electrons. The summed E-state index contributed by atoms with van der Waals surface area (Å²) in [6, 6.07) is 8.50. The summed E-state index contributed by atoms with van der Waals surface area (Å²) in [5.41, 5.74) is 4.42. The number of oxime groups is 1. The Bertz CT molecular complexity index is 825.